The van der Waals surface area contributed by atoms with Crippen LogP contribution in [0.3, 0.4) is 0 Å². The van der Waals surface area contributed by atoms with Crippen LogP contribution in [0.5, 0.6) is 11.5 Å². The molecule has 0 aromatic heterocycles. The van der Waals surface area contributed by atoms with Crippen molar-refractivity contribution in [3.8, 4) is 11.5 Å². The van der Waals surface area contributed by atoms with Crippen LogP contribution >= 0.6 is 11.6 Å². The number of piperidine rings is 1. The highest BCUT2D eigenvalue weighted by molar-refractivity contribution is 6.30. The van der Waals surface area contributed by atoms with Crippen molar-refractivity contribution in [2.24, 2.45) is 5.92 Å². The van der Waals surface area contributed by atoms with Crippen LogP contribution in [0.25, 0.3) is 0 Å². The van der Waals surface area contributed by atoms with Crippen LogP contribution in [0, 0.1) is 11.7 Å². The number of hydrogen-bond donors (Lipinski definition) is 0. The van der Waals surface area contributed by atoms with Crippen LogP contribution in [0.4, 0.5) is 17.6 Å². The Labute approximate surface area is 183 Å². The van der Waals surface area contributed by atoms with Crippen LogP contribution in [0.15, 0.2) is 36.4 Å². The van der Waals surface area contributed by atoms with E-state index in [2.05, 4.69) is 9.64 Å². The molecule has 2 aromatic rings. The first-order valence-corrected chi connectivity index (χ1v) is 10.8. The van der Waals surface area contributed by atoms with Gasteiger partial charge in [0.2, 0.25) is 0 Å². The average molecular weight is 458 g/mol. The molecule has 168 valence electrons. The molecule has 1 heterocycles. The number of alkyl halides is 3. The number of ether oxygens (including phenoxy) is 2. The highest BCUT2D eigenvalue weighted by Crippen LogP contribution is 2.44. The van der Waals surface area contributed by atoms with Gasteiger partial charge in [0, 0.05) is 17.6 Å². The van der Waals surface area contributed by atoms with Gasteiger partial charge in [-0.1, -0.05) is 17.7 Å². The number of rotatable bonds is 7. The van der Waals surface area contributed by atoms with E-state index in [1.54, 1.807) is 6.07 Å². The van der Waals surface area contributed by atoms with E-state index in [9.17, 15) is 17.6 Å². The first-order valence-electron chi connectivity index (χ1n) is 10.4. The van der Waals surface area contributed by atoms with E-state index in [0.717, 1.165) is 50.4 Å². The molecule has 0 unspecified atom stereocenters. The summed E-state index contributed by atoms with van der Waals surface area (Å²) in [5.41, 5.74) is 1.77. The maximum atomic E-state index is 13.6. The fourth-order valence-electron chi connectivity index (χ4n) is 4.05. The predicted molar refractivity (Wildman–Crippen MR) is 110 cm³/mol. The summed E-state index contributed by atoms with van der Waals surface area (Å²) in [4.78, 5) is 2.18. The van der Waals surface area contributed by atoms with Crippen LogP contribution in [0.1, 0.15) is 42.7 Å². The summed E-state index contributed by atoms with van der Waals surface area (Å²) >= 11 is 5.96. The molecule has 1 aliphatic carbocycles. The molecule has 2 aromatic carbocycles. The molecule has 1 saturated carbocycles. The summed E-state index contributed by atoms with van der Waals surface area (Å²) in [5.74, 6) is 0.905. The Morgan fingerprint density at radius 1 is 1.00 bits per heavy atom. The molecule has 1 saturated heterocycles. The molecule has 0 spiro atoms. The van der Waals surface area contributed by atoms with Crippen molar-refractivity contribution >= 4 is 11.6 Å². The minimum Gasteiger partial charge on any atom is -0.493 e. The fourth-order valence-corrected chi connectivity index (χ4v) is 4.29. The summed E-state index contributed by atoms with van der Waals surface area (Å²) < 4.78 is 61.1. The molecule has 2 fully saturated rings. The van der Waals surface area contributed by atoms with Crippen molar-refractivity contribution in [3.63, 3.8) is 0 Å². The lowest BCUT2D eigenvalue weighted by atomic mass is 9.97. The predicted octanol–water partition coefficient (Wildman–Crippen LogP) is 6.55. The van der Waals surface area contributed by atoms with Gasteiger partial charge in [0.15, 0.2) is 0 Å². The number of benzene rings is 2. The van der Waals surface area contributed by atoms with E-state index in [4.69, 9.17) is 16.3 Å². The van der Waals surface area contributed by atoms with E-state index in [-0.39, 0.29) is 16.6 Å². The second kappa shape index (κ2) is 9.25. The molecule has 0 atom stereocenters. The van der Waals surface area contributed by atoms with Gasteiger partial charge in [-0.2, -0.15) is 0 Å². The Hall–Kier alpha value is -1.99. The van der Waals surface area contributed by atoms with Gasteiger partial charge in [-0.3, -0.25) is 4.90 Å². The zero-order chi connectivity index (χ0) is 22.0. The lowest BCUT2D eigenvalue weighted by Gasteiger charge is -2.32. The third kappa shape index (κ3) is 6.50. The molecule has 0 radical (unpaired) electrons. The summed E-state index contributed by atoms with van der Waals surface area (Å²) in [7, 11) is 0. The normalized spacial score (nSPS) is 18.2. The third-order valence-corrected chi connectivity index (χ3v) is 5.96. The maximum Gasteiger partial charge on any atom is 0.573 e. The Bertz CT molecular complexity index is 909. The number of nitrogens with zero attached hydrogens (tertiary/aromatic N) is 1. The second-order valence-electron chi connectivity index (χ2n) is 8.33. The SMILES string of the molecule is Fc1ccc(C2CC2)c(OCC2CCN(Cc3cc(Cl)cc(OC(F)(F)F)c3)CC2)c1. The molecule has 4 rings (SSSR count). The van der Waals surface area contributed by atoms with E-state index in [1.165, 1.54) is 18.2 Å². The Kier molecular flexibility index (Phi) is 6.63. The average Bonchev–Trinajstić information content (AvgIpc) is 3.51. The van der Waals surface area contributed by atoms with Crippen molar-refractivity contribution in [2.45, 2.75) is 44.5 Å². The largest absolute Gasteiger partial charge is 0.573 e. The molecule has 0 bridgehead atoms. The highest BCUT2D eigenvalue weighted by atomic mass is 35.5. The first-order chi connectivity index (χ1) is 14.7. The Balaban J connectivity index is 1.28. The van der Waals surface area contributed by atoms with Crippen LogP contribution in [0.2, 0.25) is 5.02 Å². The molecule has 2 aliphatic rings. The highest BCUT2D eigenvalue weighted by Gasteiger charge is 2.31. The molecular formula is C23H24ClF4NO2. The monoisotopic (exact) mass is 457 g/mol. The van der Waals surface area contributed by atoms with Crippen LogP contribution in [-0.2, 0) is 6.54 Å². The summed E-state index contributed by atoms with van der Waals surface area (Å²) in [6.07, 6.45) is -0.693. The standard InChI is InChI=1S/C23H24ClF4NO2/c24-18-9-16(10-20(11-18)31-23(26,27)28)13-29-7-5-15(6-8-29)14-30-22-12-19(25)3-4-21(22)17-1-2-17/h3-4,9-12,15,17H,1-2,5-8,13-14H2. The van der Waals surface area contributed by atoms with E-state index < -0.39 is 6.36 Å². The second-order valence-corrected chi connectivity index (χ2v) is 8.77. The Morgan fingerprint density at radius 2 is 1.74 bits per heavy atom. The molecule has 0 amide bonds. The van der Waals surface area contributed by atoms with Gasteiger partial charge in [-0.15, -0.1) is 13.2 Å². The van der Waals surface area contributed by atoms with Gasteiger partial charge in [0.05, 0.1) is 6.61 Å². The fraction of sp³-hybridized carbons (Fsp3) is 0.478. The number of halogens is 5. The molecule has 0 N–H and O–H groups in total. The molecule has 1 aliphatic heterocycles. The molecule has 3 nitrogen and oxygen atoms in total. The lowest BCUT2D eigenvalue weighted by Crippen LogP contribution is -2.35. The summed E-state index contributed by atoms with van der Waals surface area (Å²) in [6.45, 7) is 2.64. The smallest absolute Gasteiger partial charge is 0.493 e. The van der Waals surface area contributed by atoms with Crippen LogP contribution < -0.4 is 9.47 Å². The zero-order valence-electron chi connectivity index (χ0n) is 16.9. The van der Waals surface area contributed by atoms with Gasteiger partial charge < -0.3 is 9.47 Å². The minimum atomic E-state index is -4.75. The van der Waals surface area contributed by atoms with Gasteiger partial charge in [-0.05, 0) is 86.0 Å². The van der Waals surface area contributed by atoms with E-state index in [1.807, 2.05) is 6.07 Å². The van der Waals surface area contributed by atoms with Crippen molar-refractivity contribution < 1.29 is 27.0 Å². The molecular weight excluding hydrogens is 434 g/mol. The topological polar surface area (TPSA) is 21.7 Å². The van der Waals surface area contributed by atoms with E-state index >= 15 is 0 Å². The zero-order valence-corrected chi connectivity index (χ0v) is 17.7. The number of hydrogen-bond acceptors (Lipinski definition) is 3. The molecule has 8 heteroatoms. The maximum absolute atomic E-state index is 13.6. The van der Waals surface area contributed by atoms with Crippen molar-refractivity contribution in [1.82, 2.24) is 4.90 Å². The van der Waals surface area contributed by atoms with Crippen molar-refractivity contribution in [3.05, 3.63) is 58.4 Å². The Morgan fingerprint density at radius 3 is 2.42 bits per heavy atom. The summed E-state index contributed by atoms with van der Waals surface area (Å²) in [6, 6.07) is 8.97. The number of likely N-dealkylation sites (tertiary alicyclic amines) is 1. The van der Waals surface area contributed by atoms with Crippen LogP contribution in [-0.4, -0.2) is 31.0 Å². The van der Waals surface area contributed by atoms with Gasteiger partial charge in [0.1, 0.15) is 17.3 Å². The van der Waals surface area contributed by atoms with Crippen molar-refractivity contribution in [2.75, 3.05) is 19.7 Å². The van der Waals surface area contributed by atoms with E-state index in [0.29, 0.717) is 36.3 Å². The lowest BCUT2D eigenvalue weighted by molar-refractivity contribution is -0.274. The van der Waals surface area contributed by atoms with Gasteiger partial charge in [-0.25, -0.2) is 4.39 Å². The molecule has 31 heavy (non-hydrogen) atoms. The van der Waals surface area contributed by atoms with Gasteiger partial charge in [0.25, 0.3) is 0 Å². The first kappa shape index (κ1) is 22.2. The van der Waals surface area contributed by atoms with Gasteiger partial charge >= 0.3 is 6.36 Å². The minimum absolute atomic E-state index is 0.210. The third-order valence-electron chi connectivity index (χ3n) is 5.75. The summed E-state index contributed by atoms with van der Waals surface area (Å²) in [5, 5.41) is 0.210. The van der Waals surface area contributed by atoms with Crippen molar-refractivity contribution in [1.29, 1.82) is 0 Å². The quantitative estimate of drug-likeness (QED) is 0.440.